The van der Waals surface area contributed by atoms with Gasteiger partial charge in [-0.15, -0.1) is 0 Å². The van der Waals surface area contributed by atoms with Gasteiger partial charge in [0.1, 0.15) is 0 Å². The van der Waals surface area contributed by atoms with E-state index in [2.05, 4.69) is 31.1 Å². The van der Waals surface area contributed by atoms with Crippen LogP contribution in [0.3, 0.4) is 0 Å². The molecule has 2 nitrogen and oxygen atoms in total. The third-order valence-corrected chi connectivity index (χ3v) is 5.89. The van der Waals surface area contributed by atoms with E-state index in [1.807, 2.05) is 0 Å². The van der Waals surface area contributed by atoms with E-state index < -0.39 is 0 Å². The summed E-state index contributed by atoms with van der Waals surface area (Å²) in [6.45, 7) is 5.93. The summed E-state index contributed by atoms with van der Waals surface area (Å²) < 4.78 is 0. The monoisotopic (exact) mass is 294 g/mol. The van der Waals surface area contributed by atoms with E-state index in [0.717, 1.165) is 24.0 Å². The number of hydrogen-bond donors (Lipinski definition) is 1. The van der Waals surface area contributed by atoms with Crippen LogP contribution in [-0.2, 0) is 0 Å². The number of hydrogen-bond acceptors (Lipinski definition) is 2. The van der Waals surface area contributed by atoms with Gasteiger partial charge in [0.05, 0.1) is 0 Å². The van der Waals surface area contributed by atoms with Crippen molar-refractivity contribution < 1.29 is 0 Å². The van der Waals surface area contributed by atoms with Crippen molar-refractivity contribution in [3.63, 3.8) is 0 Å². The van der Waals surface area contributed by atoms with Gasteiger partial charge in [-0.25, -0.2) is 0 Å². The second-order valence-electron chi connectivity index (χ2n) is 7.71. The van der Waals surface area contributed by atoms with Gasteiger partial charge in [0.15, 0.2) is 0 Å². The molecule has 2 aliphatic carbocycles. The van der Waals surface area contributed by atoms with Gasteiger partial charge in [-0.2, -0.15) is 0 Å². The van der Waals surface area contributed by atoms with E-state index in [1.54, 1.807) is 0 Å². The lowest BCUT2D eigenvalue weighted by Crippen LogP contribution is -2.53. The Hall–Kier alpha value is -0.0800. The summed E-state index contributed by atoms with van der Waals surface area (Å²) in [5, 5.41) is 3.88. The fourth-order valence-corrected chi connectivity index (χ4v) is 4.56. The predicted molar refractivity (Wildman–Crippen MR) is 92.8 cm³/mol. The molecular formula is C19H38N2. The molecule has 4 unspecified atom stereocenters. The zero-order chi connectivity index (χ0) is 15.1. The predicted octanol–water partition coefficient (Wildman–Crippen LogP) is 4.59. The van der Waals surface area contributed by atoms with Gasteiger partial charge in [-0.05, 0) is 51.6 Å². The molecule has 124 valence electrons. The third kappa shape index (κ3) is 5.25. The highest BCUT2D eigenvalue weighted by atomic mass is 15.2. The third-order valence-electron chi connectivity index (χ3n) is 5.89. The van der Waals surface area contributed by atoms with E-state index >= 15 is 0 Å². The highest BCUT2D eigenvalue weighted by Gasteiger charge is 2.31. The molecule has 0 aromatic carbocycles. The fraction of sp³-hybridized carbons (Fsp3) is 1.00. The smallest absolute Gasteiger partial charge is 0.0249 e. The van der Waals surface area contributed by atoms with Gasteiger partial charge in [0, 0.05) is 18.1 Å². The van der Waals surface area contributed by atoms with Crippen LogP contribution >= 0.6 is 0 Å². The Labute approximate surface area is 133 Å². The lowest BCUT2D eigenvalue weighted by Gasteiger charge is -2.43. The van der Waals surface area contributed by atoms with Gasteiger partial charge in [-0.1, -0.05) is 52.4 Å². The molecule has 0 amide bonds. The Morgan fingerprint density at radius 1 is 0.952 bits per heavy atom. The second-order valence-corrected chi connectivity index (χ2v) is 7.71. The van der Waals surface area contributed by atoms with Crippen LogP contribution in [0.2, 0.25) is 0 Å². The zero-order valence-electron chi connectivity index (χ0n) is 14.7. The van der Waals surface area contributed by atoms with Crippen molar-refractivity contribution in [1.29, 1.82) is 0 Å². The molecule has 0 radical (unpaired) electrons. The lowest BCUT2D eigenvalue weighted by molar-refractivity contribution is 0.0819. The molecule has 2 rings (SSSR count). The van der Waals surface area contributed by atoms with Gasteiger partial charge < -0.3 is 5.32 Å². The molecule has 2 saturated carbocycles. The first kappa shape index (κ1) is 17.3. The topological polar surface area (TPSA) is 15.3 Å². The van der Waals surface area contributed by atoms with Crippen LogP contribution in [0.1, 0.15) is 84.5 Å². The maximum Gasteiger partial charge on any atom is 0.0249 e. The van der Waals surface area contributed by atoms with E-state index in [9.17, 15) is 0 Å². The van der Waals surface area contributed by atoms with Crippen molar-refractivity contribution in [2.24, 2.45) is 5.92 Å². The van der Waals surface area contributed by atoms with Crippen molar-refractivity contribution in [2.45, 2.75) is 103 Å². The van der Waals surface area contributed by atoms with Gasteiger partial charge in [0.2, 0.25) is 0 Å². The molecule has 0 spiro atoms. The minimum Gasteiger partial charge on any atom is -0.312 e. The second kappa shape index (κ2) is 9.15. The number of nitrogens with one attached hydrogen (secondary N) is 1. The van der Waals surface area contributed by atoms with Crippen molar-refractivity contribution in [1.82, 2.24) is 10.2 Å². The Bertz CT molecular complexity index is 277. The Kier molecular flexibility index (Phi) is 7.53. The SMILES string of the molecule is CCCNC1CCCCCCC1N(C)C1CCCC(C)C1. The van der Waals surface area contributed by atoms with Crippen LogP contribution < -0.4 is 5.32 Å². The molecule has 4 atom stereocenters. The number of rotatable bonds is 5. The van der Waals surface area contributed by atoms with Gasteiger partial charge in [0.25, 0.3) is 0 Å². The normalized spacial score (nSPS) is 35.4. The maximum atomic E-state index is 3.88. The molecule has 21 heavy (non-hydrogen) atoms. The zero-order valence-corrected chi connectivity index (χ0v) is 14.7. The quantitative estimate of drug-likeness (QED) is 0.798. The molecular weight excluding hydrogens is 256 g/mol. The van der Waals surface area contributed by atoms with Crippen LogP contribution in [0.5, 0.6) is 0 Å². The van der Waals surface area contributed by atoms with Crippen molar-refractivity contribution in [2.75, 3.05) is 13.6 Å². The summed E-state index contributed by atoms with van der Waals surface area (Å²) >= 11 is 0. The summed E-state index contributed by atoms with van der Waals surface area (Å²) in [6, 6.07) is 2.34. The first-order valence-corrected chi connectivity index (χ1v) is 9.67. The largest absolute Gasteiger partial charge is 0.312 e. The van der Waals surface area contributed by atoms with Crippen molar-refractivity contribution >= 4 is 0 Å². The van der Waals surface area contributed by atoms with E-state index in [1.165, 1.54) is 77.2 Å². The Morgan fingerprint density at radius 3 is 2.43 bits per heavy atom. The summed E-state index contributed by atoms with van der Waals surface area (Å²) in [5.41, 5.74) is 0. The highest BCUT2D eigenvalue weighted by molar-refractivity contribution is 4.89. The molecule has 0 aromatic rings. The summed E-state index contributed by atoms with van der Waals surface area (Å²) in [5.74, 6) is 0.932. The van der Waals surface area contributed by atoms with Gasteiger partial charge in [-0.3, -0.25) is 4.90 Å². The van der Waals surface area contributed by atoms with Crippen LogP contribution in [0, 0.1) is 5.92 Å². The Morgan fingerprint density at radius 2 is 1.71 bits per heavy atom. The summed E-state index contributed by atoms with van der Waals surface area (Å²) in [4.78, 5) is 2.79. The molecule has 2 heteroatoms. The van der Waals surface area contributed by atoms with Crippen molar-refractivity contribution in [3.05, 3.63) is 0 Å². The molecule has 1 N–H and O–H groups in total. The van der Waals surface area contributed by atoms with E-state index in [0.29, 0.717) is 0 Å². The van der Waals surface area contributed by atoms with E-state index in [-0.39, 0.29) is 0 Å². The summed E-state index contributed by atoms with van der Waals surface area (Å²) in [7, 11) is 2.43. The molecule has 2 aliphatic rings. The number of likely N-dealkylation sites (N-methyl/N-ethyl adjacent to an activating group) is 1. The van der Waals surface area contributed by atoms with E-state index in [4.69, 9.17) is 0 Å². The molecule has 0 saturated heterocycles. The summed E-state index contributed by atoms with van der Waals surface area (Å²) in [6.07, 6.45) is 15.5. The molecule has 0 aromatic heterocycles. The van der Waals surface area contributed by atoms with Gasteiger partial charge >= 0.3 is 0 Å². The highest BCUT2D eigenvalue weighted by Crippen LogP contribution is 2.30. The standard InChI is InChI=1S/C19H38N2/c1-4-14-20-18-12-7-5-6-8-13-19(18)21(3)17-11-9-10-16(2)15-17/h16-20H,4-15H2,1-3H3. The molecule has 0 bridgehead atoms. The first-order valence-electron chi connectivity index (χ1n) is 9.67. The first-order chi connectivity index (χ1) is 10.2. The molecule has 0 aliphatic heterocycles. The average Bonchev–Trinajstić information content (AvgIpc) is 2.46. The molecule has 0 heterocycles. The van der Waals surface area contributed by atoms with Crippen LogP contribution in [-0.4, -0.2) is 36.6 Å². The lowest BCUT2D eigenvalue weighted by atomic mass is 9.84. The Balaban J connectivity index is 1.98. The average molecular weight is 295 g/mol. The van der Waals surface area contributed by atoms with Crippen molar-refractivity contribution in [3.8, 4) is 0 Å². The maximum absolute atomic E-state index is 3.88. The minimum absolute atomic E-state index is 0.729. The minimum atomic E-state index is 0.729. The van der Waals surface area contributed by atoms with Crippen LogP contribution in [0.25, 0.3) is 0 Å². The van der Waals surface area contributed by atoms with Crippen LogP contribution in [0.4, 0.5) is 0 Å². The van der Waals surface area contributed by atoms with Crippen LogP contribution in [0.15, 0.2) is 0 Å². The molecule has 2 fully saturated rings. The fourth-order valence-electron chi connectivity index (χ4n) is 4.56. The number of nitrogens with zero attached hydrogens (tertiary/aromatic N) is 1.